The highest BCUT2D eigenvalue weighted by Gasteiger charge is 2.22. The van der Waals surface area contributed by atoms with E-state index < -0.39 is 0 Å². The number of amides is 1. The van der Waals surface area contributed by atoms with Gasteiger partial charge >= 0.3 is 0 Å². The Labute approximate surface area is 199 Å². The number of hydrogen-bond acceptors (Lipinski definition) is 3. The third-order valence-corrected chi connectivity index (χ3v) is 6.17. The Morgan fingerprint density at radius 2 is 1.59 bits per heavy atom. The minimum Gasteiger partial charge on any atom is -0.489 e. The molecule has 1 saturated heterocycles. The molecule has 0 spiro atoms. The zero-order chi connectivity index (χ0) is 22.5. The molecule has 1 fully saturated rings. The van der Waals surface area contributed by atoms with Gasteiger partial charge < -0.3 is 9.64 Å². The van der Waals surface area contributed by atoms with Crippen molar-refractivity contribution in [3.8, 4) is 5.75 Å². The molecule has 1 heterocycles. The number of hydrogen-bond donors (Lipinski definition) is 0. The predicted octanol–water partition coefficient (Wildman–Crippen LogP) is 5.84. The van der Waals surface area contributed by atoms with E-state index in [9.17, 15) is 4.79 Å². The monoisotopic (exact) mass is 468 g/mol. The van der Waals surface area contributed by atoms with E-state index in [1.165, 1.54) is 5.56 Å². The van der Waals surface area contributed by atoms with Gasteiger partial charge in [-0.15, -0.1) is 0 Å². The average Bonchev–Trinajstić information content (AvgIpc) is 2.80. The van der Waals surface area contributed by atoms with Gasteiger partial charge in [0.05, 0.1) is 0 Å². The minimum absolute atomic E-state index is 0.0701. The van der Waals surface area contributed by atoms with Crippen LogP contribution in [0.25, 0.3) is 0 Å². The summed E-state index contributed by atoms with van der Waals surface area (Å²) in [6.07, 6.45) is 0. The molecule has 0 saturated carbocycles. The fraction of sp³-hybridized carbons (Fsp3) is 0.269. The molecule has 6 heteroatoms. The molecule has 0 radical (unpaired) electrons. The van der Waals surface area contributed by atoms with Crippen LogP contribution in [0.5, 0.6) is 5.75 Å². The van der Waals surface area contributed by atoms with Gasteiger partial charge in [0.2, 0.25) is 0 Å². The highest BCUT2D eigenvalue weighted by molar-refractivity contribution is 6.30. The number of carbonyl (C=O) groups is 1. The van der Waals surface area contributed by atoms with E-state index in [0.29, 0.717) is 17.2 Å². The molecule has 4 nitrogen and oxygen atoms in total. The number of ether oxygens (including phenoxy) is 1. The Hall–Kier alpha value is -2.53. The maximum atomic E-state index is 13.1. The molecule has 1 aliphatic rings. The second-order valence-corrected chi connectivity index (χ2v) is 8.97. The number of nitrogens with zero attached hydrogens (tertiary/aromatic N) is 2. The predicted molar refractivity (Wildman–Crippen MR) is 130 cm³/mol. The molecule has 32 heavy (non-hydrogen) atoms. The Morgan fingerprint density at radius 1 is 0.875 bits per heavy atom. The van der Waals surface area contributed by atoms with Crippen LogP contribution in [0.2, 0.25) is 10.0 Å². The fourth-order valence-corrected chi connectivity index (χ4v) is 4.22. The first-order valence-electron chi connectivity index (χ1n) is 10.7. The van der Waals surface area contributed by atoms with Gasteiger partial charge in [0.1, 0.15) is 12.4 Å². The lowest BCUT2D eigenvalue weighted by Gasteiger charge is -2.34. The van der Waals surface area contributed by atoms with E-state index >= 15 is 0 Å². The molecule has 0 unspecified atom stereocenters. The average molecular weight is 469 g/mol. The maximum absolute atomic E-state index is 13.1. The van der Waals surface area contributed by atoms with Crippen molar-refractivity contribution in [1.29, 1.82) is 0 Å². The van der Waals surface area contributed by atoms with Gasteiger partial charge in [0.25, 0.3) is 5.91 Å². The van der Waals surface area contributed by atoms with Crippen LogP contribution >= 0.6 is 23.2 Å². The molecule has 3 aromatic carbocycles. The molecule has 0 aliphatic carbocycles. The molecule has 166 valence electrons. The second kappa shape index (κ2) is 10.4. The van der Waals surface area contributed by atoms with Gasteiger partial charge in [0.15, 0.2) is 0 Å². The van der Waals surface area contributed by atoms with Crippen LogP contribution in [-0.2, 0) is 13.2 Å². The summed E-state index contributed by atoms with van der Waals surface area (Å²) < 4.78 is 5.94. The van der Waals surface area contributed by atoms with Gasteiger partial charge in [0, 0.05) is 48.3 Å². The Morgan fingerprint density at radius 3 is 2.31 bits per heavy atom. The lowest BCUT2D eigenvalue weighted by molar-refractivity contribution is 0.0628. The normalized spacial score (nSPS) is 14.4. The highest BCUT2D eigenvalue weighted by Crippen LogP contribution is 2.23. The Balaban J connectivity index is 1.32. The quantitative estimate of drug-likeness (QED) is 0.455. The summed E-state index contributed by atoms with van der Waals surface area (Å²) in [5.41, 5.74) is 3.88. The third kappa shape index (κ3) is 5.83. The van der Waals surface area contributed by atoms with Crippen LogP contribution in [-0.4, -0.2) is 41.9 Å². The van der Waals surface area contributed by atoms with E-state index in [1.54, 1.807) is 0 Å². The van der Waals surface area contributed by atoms with Gasteiger partial charge in [-0.25, -0.2) is 0 Å². The van der Waals surface area contributed by atoms with Crippen LogP contribution in [0.3, 0.4) is 0 Å². The van der Waals surface area contributed by atoms with E-state index in [4.69, 9.17) is 27.9 Å². The van der Waals surface area contributed by atoms with E-state index in [-0.39, 0.29) is 5.91 Å². The standard InChI is InChI=1S/C26H26Cl2N2O2/c1-19-15-24(28)9-10-25(19)32-18-21-3-2-4-22(16-21)26(31)30-13-11-29(12-14-30)17-20-5-7-23(27)8-6-20/h2-10,15-16H,11-14,17-18H2,1H3. The van der Waals surface area contributed by atoms with E-state index in [2.05, 4.69) is 17.0 Å². The number of aryl methyl sites for hydroxylation is 1. The smallest absolute Gasteiger partial charge is 0.253 e. The first-order valence-corrected chi connectivity index (χ1v) is 11.5. The maximum Gasteiger partial charge on any atom is 0.253 e. The summed E-state index contributed by atoms with van der Waals surface area (Å²) in [7, 11) is 0. The number of rotatable bonds is 6. The van der Waals surface area contributed by atoms with Crippen molar-refractivity contribution in [2.75, 3.05) is 26.2 Å². The zero-order valence-electron chi connectivity index (χ0n) is 18.1. The number of carbonyl (C=O) groups excluding carboxylic acids is 1. The molecule has 4 rings (SSSR count). The fourth-order valence-electron chi connectivity index (χ4n) is 3.87. The van der Waals surface area contributed by atoms with Gasteiger partial charge in [-0.05, 0) is 66.1 Å². The molecule has 1 aliphatic heterocycles. The largest absolute Gasteiger partial charge is 0.489 e. The van der Waals surface area contributed by atoms with Gasteiger partial charge in [-0.2, -0.15) is 0 Å². The number of piperazine rings is 1. The number of benzene rings is 3. The molecule has 3 aromatic rings. The highest BCUT2D eigenvalue weighted by atomic mass is 35.5. The number of halogens is 2. The summed E-state index contributed by atoms with van der Waals surface area (Å²) in [6.45, 7) is 6.39. The van der Waals surface area contributed by atoms with Crippen molar-refractivity contribution in [2.45, 2.75) is 20.1 Å². The summed E-state index contributed by atoms with van der Waals surface area (Å²) in [5, 5.41) is 1.44. The lowest BCUT2D eigenvalue weighted by Crippen LogP contribution is -2.48. The molecule has 0 aromatic heterocycles. The third-order valence-electron chi connectivity index (χ3n) is 5.68. The van der Waals surface area contributed by atoms with Crippen LogP contribution in [0.15, 0.2) is 66.7 Å². The molecule has 1 amide bonds. The van der Waals surface area contributed by atoms with Crippen LogP contribution in [0, 0.1) is 6.92 Å². The van der Waals surface area contributed by atoms with Crippen LogP contribution in [0.4, 0.5) is 0 Å². The summed E-state index contributed by atoms with van der Waals surface area (Å²) in [4.78, 5) is 17.4. The Kier molecular flexibility index (Phi) is 7.36. The van der Waals surface area contributed by atoms with E-state index in [1.807, 2.05) is 66.4 Å². The van der Waals surface area contributed by atoms with Crippen molar-refractivity contribution >= 4 is 29.1 Å². The summed E-state index contributed by atoms with van der Waals surface area (Å²) in [6, 6.07) is 21.2. The summed E-state index contributed by atoms with van der Waals surface area (Å²) >= 11 is 12.0. The first kappa shape index (κ1) is 22.7. The van der Waals surface area contributed by atoms with Crippen molar-refractivity contribution < 1.29 is 9.53 Å². The van der Waals surface area contributed by atoms with Crippen LogP contribution < -0.4 is 4.74 Å². The summed E-state index contributed by atoms with van der Waals surface area (Å²) in [5.74, 6) is 0.864. The Bertz CT molecular complexity index is 1080. The minimum atomic E-state index is 0.0701. The topological polar surface area (TPSA) is 32.8 Å². The van der Waals surface area contributed by atoms with Crippen molar-refractivity contribution in [3.63, 3.8) is 0 Å². The molecule has 0 bridgehead atoms. The van der Waals surface area contributed by atoms with E-state index in [0.717, 1.165) is 54.6 Å². The molecule has 0 N–H and O–H groups in total. The van der Waals surface area contributed by atoms with Crippen molar-refractivity contribution in [3.05, 3.63) is 99.0 Å². The van der Waals surface area contributed by atoms with Gasteiger partial charge in [-0.3, -0.25) is 9.69 Å². The molecule has 0 atom stereocenters. The molecular weight excluding hydrogens is 443 g/mol. The van der Waals surface area contributed by atoms with Crippen LogP contribution in [0.1, 0.15) is 27.0 Å². The van der Waals surface area contributed by atoms with Gasteiger partial charge in [-0.1, -0.05) is 47.5 Å². The van der Waals surface area contributed by atoms with Crippen molar-refractivity contribution in [1.82, 2.24) is 9.80 Å². The lowest BCUT2D eigenvalue weighted by atomic mass is 10.1. The second-order valence-electron chi connectivity index (χ2n) is 8.09. The SMILES string of the molecule is Cc1cc(Cl)ccc1OCc1cccc(C(=O)N2CCN(Cc3ccc(Cl)cc3)CC2)c1. The van der Waals surface area contributed by atoms with Crippen molar-refractivity contribution in [2.24, 2.45) is 0 Å². The zero-order valence-corrected chi connectivity index (χ0v) is 19.6. The first-order chi connectivity index (χ1) is 15.5. The molecular formula is C26H26Cl2N2O2.